The summed E-state index contributed by atoms with van der Waals surface area (Å²) in [4.78, 5) is 5.15. The largest absolute Gasteiger partial charge is 0.369 e. The van der Waals surface area contributed by atoms with Crippen molar-refractivity contribution >= 4 is 5.69 Å². The summed E-state index contributed by atoms with van der Waals surface area (Å²) in [6.45, 7) is 7.29. The van der Waals surface area contributed by atoms with Crippen molar-refractivity contribution < 1.29 is 0 Å². The maximum absolute atomic E-state index is 3.66. The molecule has 0 amide bonds. The predicted molar refractivity (Wildman–Crippen MR) is 90.0 cm³/mol. The zero-order valence-corrected chi connectivity index (χ0v) is 13.1. The normalized spacial score (nSPS) is 24.2. The van der Waals surface area contributed by atoms with Gasteiger partial charge in [0.1, 0.15) is 0 Å². The predicted octanol–water partition coefficient (Wildman–Crippen LogP) is 2.73. The fraction of sp³-hybridized carbons (Fsp3) is 0.667. The van der Waals surface area contributed by atoms with Crippen LogP contribution in [0.2, 0.25) is 0 Å². The molecule has 0 spiro atoms. The Kier molecular flexibility index (Phi) is 5.53. The second-order valence-corrected chi connectivity index (χ2v) is 6.45. The summed E-state index contributed by atoms with van der Waals surface area (Å²) < 4.78 is 0. The van der Waals surface area contributed by atoms with Crippen molar-refractivity contribution in [1.29, 1.82) is 0 Å². The fourth-order valence-electron chi connectivity index (χ4n) is 3.60. The molecule has 0 aromatic heterocycles. The highest BCUT2D eigenvalue weighted by molar-refractivity contribution is 5.46. The number of piperidine rings is 1. The highest BCUT2D eigenvalue weighted by Crippen LogP contribution is 2.16. The van der Waals surface area contributed by atoms with Crippen LogP contribution in [0, 0.1) is 0 Å². The Morgan fingerprint density at radius 1 is 1.00 bits per heavy atom. The van der Waals surface area contributed by atoms with Gasteiger partial charge in [-0.05, 0) is 50.9 Å². The van der Waals surface area contributed by atoms with Crippen molar-refractivity contribution in [1.82, 2.24) is 10.2 Å². The Labute approximate surface area is 129 Å². The minimum absolute atomic E-state index is 0.796. The van der Waals surface area contributed by atoms with Gasteiger partial charge in [0, 0.05) is 37.9 Å². The lowest BCUT2D eigenvalue weighted by Gasteiger charge is -2.36. The van der Waals surface area contributed by atoms with E-state index in [2.05, 4.69) is 45.4 Å². The highest BCUT2D eigenvalue weighted by atomic mass is 15.3. The summed E-state index contributed by atoms with van der Waals surface area (Å²) in [5.74, 6) is 0. The molecule has 1 atom stereocenters. The van der Waals surface area contributed by atoms with Gasteiger partial charge in [-0.1, -0.05) is 24.6 Å². The Morgan fingerprint density at radius 2 is 1.81 bits per heavy atom. The quantitative estimate of drug-likeness (QED) is 0.898. The Morgan fingerprint density at radius 3 is 2.52 bits per heavy atom. The van der Waals surface area contributed by atoms with Crippen LogP contribution in [0.5, 0.6) is 0 Å². The van der Waals surface area contributed by atoms with Crippen LogP contribution in [0.25, 0.3) is 0 Å². The van der Waals surface area contributed by atoms with Gasteiger partial charge in [-0.15, -0.1) is 0 Å². The number of nitrogens with zero attached hydrogens (tertiary/aromatic N) is 2. The van der Waals surface area contributed by atoms with Gasteiger partial charge in [0.15, 0.2) is 0 Å². The molecule has 0 aliphatic carbocycles. The van der Waals surface area contributed by atoms with Crippen LogP contribution < -0.4 is 10.2 Å². The molecule has 1 unspecified atom stereocenters. The molecule has 0 radical (unpaired) electrons. The first-order valence-corrected chi connectivity index (χ1v) is 8.67. The van der Waals surface area contributed by atoms with Gasteiger partial charge in [-0.25, -0.2) is 0 Å². The van der Waals surface area contributed by atoms with E-state index in [-0.39, 0.29) is 0 Å². The van der Waals surface area contributed by atoms with E-state index in [0.717, 1.165) is 6.04 Å². The van der Waals surface area contributed by atoms with E-state index < -0.39 is 0 Å². The van der Waals surface area contributed by atoms with Gasteiger partial charge < -0.3 is 10.2 Å². The molecular weight excluding hydrogens is 258 g/mol. The molecule has 1 aromatic rings. The van der Waals surface area contributed by atoms with Crippen LogP contribution in [-0.2, 0) is 0 Å². The second kappa shape index (κ2) is 7.81. The lowest BCUT2D eigenvalue weighted by atomic mass is 10.0. The van der Waals surface area contributed by atoms with Crippen molar-refractivity contribution in [3.05, 3.63) is 30.3 Å². The lowest BCUT2D eigenvalue weighted by Crippen LogP contribution is -2.46. The highest BCUT2D eigenvalue weighted by Gasteiger charge is 2.17. The lowest BCUT2D eigenvalue weighted by molar-refractivity contribution is 0.244. The van der Waals surface area contributed by atoms with Crippen LogP contribution in [0.4, 0.5) is 5.69 Å². The topological polar surface area (TPSA) is 18.5 Å². The maximum atomic E-state index is 3.66. The minimum Gasteiger partial charge on any atom is -0.369 e. The van der Waals surface area contributed by atoms with E-state index in [4.69, 9.17) is 0 Å². The number of piperazine rings is 1. The molecule has 3 heteroatoms. The van der Waals surface area contributed by atoms with Crippen molar-refractivity contribution in [2.24, 2.45) is 0 Å². The number of rotatable bonds is 5. The summed E-state index contributed by atoms with van der Waals surface area (Å²) in [5.41, 5.74) is 1.38. The van der Waals surface area contributed by atoms with Gasteiger partial charge in [0.25, 0.3) is 0 Å². The van der Waals surface area contributed by atoms with Crippen molar-refractivity contribution in [2.75, 3.05) is 44.2 Å². The maximum Gasteiger partial charge on any atom is 0.0367 e. The Bertz CT molecular complexity index is 392. The summed E-state index contributed by atoms with van der Waals surface area (Å²) >= 11 is 0. The number of benzene rings is 1. The summed E-state index contributed by atoms with van der Waals surface area (Å²) in [6.07, 6.45) is 6.90. The van der Waals surface area contributed by atoms with E-state index in [9.17, 15) is 0 Å². The molecule has 1 aromatic carbocycles. The van der Waals surface area contributed by atoms with E-state index in [1.54, 1.807) is 0 Å². The molecule has 3 rings (SSSR count). The van der Waals surface area contributed by atoms with E-state index in [0.29, 0.717) is 0 Å². The third-order valence-corrected chi connectivity index (χ3v) is 4.93. The molecule has 21 heavy (non-hydrogen) atoms. The number of para-hydroxylation sites is 1. The molecular formula is C18H29N3. The number of hydrogen-bond donors (Lipinski definition) is 1. The molecule has 2 saturated heterocycles. The minimum atomic E-state index is 0.796. The zero-order valence-electron chi connectivity index (χ0n) is 13.1. The first-order valence-electron chi connectivity index (χ1n) is 8.67. The standard InChI is InChI=1S/C18H29N3/c1-2-9-18(10-3-1)21-15-13-20(14-16-21)12-6-8-17-7-4-5-11-19-17/h1-3,9-10,17,19H,4-8,11-16H2. The second-order valence-electron chi connectivity index (χ2n) is 6.45. The summed E-state index contributed by atoms with van der Waals surface area (Å²) in [7, 11) is 0. The van der Waals surface area contributed by atoms with E-state index in [1.165, 1.54) is 77.1 Å². The Balaban J connectivity index is 1.34. The molecule has 2 fully saturated rings. The third-order valence-electron chi connectivity index (χ3n) is 4.93. The number of hydrogen-bond acceptors (Lipinski definition) is 3. The van der Waals surface area contributed by atoms with Gasteiger partial charge in [-0.2, -0.15) is 0 Å². The van der Waals surface area contributed by atoms with Crippen LogP contribution in [0.3, 0.4) is 0 Å². The van der Waals surface area contributed by atoms with Crippen LogP contribution in [0.1, 0.15) is 32.1 Å². The number of anilines is 1. The number of nitrogens with one attached hydrogen (secondary N) is 1. The van der Waals surface area contributed by atoms with Crippen LogP contribution in [-0.4, -0.2) is 50.2 Å². The molecule has 116 valence electrons. The first-order chi connectivity index (χ1) is 10.4. The van der Waals surface area contributed by atoms with Gasteiger partial charge in [0.05, 0.1) is 0 Å². The summed E-state index contributed by atoms with van der Waals surface area (Å²) in [6, 6.07) is 11.6. The van der Waals surface area contributed by atoms with E-state index >= 15 is 0 Å². The molecule has 2 heterocycles. The molecule has 3 nitrogen and oxygen atoms in total. The van der Waals surface area contributed by atoms with Gasteiger partial charge in [-0.3, -0.25) is 4.90 Å². The van der Waals surface area contributed by atoms with Crippen LogP contribution >= 0.6 is 0 Å². The van der Waals surface area contributed by atoms with E-state index in [1.807, 2.05) is 0 Å². The van der Waals surface area contributed by atoms with Crippen molar-refractivity contribution in [2.45, 2.75) is 38.1 Å². The average molecular weight is 287 g/mol. The Hall–Kier alpha value is -1.06. The van der Waals surface area contributed by atoms with Gasteiger partial charge >= 0.3 is 0 Å². The fourth-order valence-corrected chi connectivity index (χ4v) is 3.60. The zero-order chi connectivity index (χ0) is 14.3. The molecule has 0 bridgehead atoms. The summed E-state index contributed by atoms with van der Waals surface area (Å²) in [5, 5.41) is 3.66. The molecule has 2 aliphatic heterocycles. The first kappa shape index (κ1) is 14.9. The SMILES string of the molecule is c1ccc(N2CCN(CCCC3CCCCN3)CC2)cc1. The van der Waals surface area contributed by atoms with Crippen molar-refractivity contribution in [3.8, 4) is 0 Å². The smallest absolute Gasteiger partial charge is 0.0367 e. The molecule has 1 N–H and O–H groups in total. The third kappa shape index (κ3) is 4.45. The monoisotopic (exact) mass is 287 g/mol. The van der Waals surface area contributed by atoms with Crippen LogP contribution in [0.15, 0.2) is 30.3 Å². The molecule has 0 saturated carbocycles. The van der Waals surface area contributed by atoms with Crippen molar-refractivity contribution in [3.63, 3.8) is 0 Å². The van der Waals surface area contributed by atoms with Gasteiger partial charge in [0.2, 0.25) is 0 Å². The molecule has 2 aliphatic rings. The average Bonchev–Trinajstić information content (AvgIpc) is 2.57.